The molecule has 110 valence electrons. The van der Waals surface area contributed by atoms with Crippen molar-refractivity contribution < 1.29 is 14.5 Å². The van der Waals surface area contributed by atoms with E-state index in [1.54, 1.807) is 0 Å². The molecule has 2 aliphatic rings. The molecule has 2 heterocycles. The smallest absolute Gasteiger partial charge is 0.289 e. The Kier molecular flexibility index (Phi) is 2.90. The molecule has 4 rings (SSSR count). The van der Waals surface area contributed by atoms with E-state index < -0.39 is 0 Å². The number of pyridine rings is 1. The number of rotatable bonds is 1. The monoisotopic (exact) mass is 294 g/mol. The van der Waals surface area contributed by atoms with Crippen molar-refractivity contribution in [2.45, 2.75) is 25.7 Å². The number of hydrogen-bond acceptors (Lipinski definition) is 4. The summed E-state index contributed by atoms with van der Waals surface area (Å²) in [6.45, 7) is 0.243. The van der Waals surface area contributed by atoms with E-state index in [4.69, 9.17) is 15.2 Å². The predicted molar refractivity (Wildman–Crippen MR) is 80.3 cm³/mol. The summed E-state index contributed by atoms with van der Waals surface area (Å²) < 4.78 is 10.8. The van der Waals surface area contributed by atoms with Crippen LogP contribution in [0.15, 0.2) is 18.2 Å². The third-order valence-electron chi connectivity index (χ3n) is 4.35. The fraction of sp³-hybridized carbons (Fsp3) is 0.294. The van der Waals surface area contributed by atoms with Crippen LogP contribution in [0.25, 0.3) is 11.1 Å². The van der Waals surface area contributed by atoms with Crippen molar-refractivity contribution in [2.75, 3.05) is 12.5 Å². The van der Waals surface area contributed by atoms with E-state index in [0.717, 1.165) is 54.0 Å². The predicted octanol–water partition coefficient (Wildman–Crippen LogP) is 2.23. The number of nitriles is 1. The van der Waals surface area contributed by atoms with Crippen molar-refractivity contribution >= 4 is 5.82 Å². The van der Waals surface area contributed by atoms with Gasteiger partial charge in [-0.25, -0.2) is 4.98 Å². The standard InChI is InChI=1S/C17H15N3O2/c18-8-12-16(10-5-6-14-15(7-10)22-9-21-14)11-3-1-2-4-13(11)20-17(12)19/h5-7H,1-4,9H2,(H2,19,20)/p+1. The lowest BCUT2D eigenvalue weighted by Crippen LogP contribution is -2.24. The Bertz CT molecular complexity index is 809. The van der Waals surface area contributed by atoms with Gasteiger partial charge in [-0.3, -0.25) is 5.73 Å². The highest BCUT2D eigenvalue weighted by molar-refractivity contribution is 5.79. The van der Waals surface area contributed by atoms with Crippen LogP contribution in [0.5, 0.6) is 11.5 Å². The molecule has 5 heteroatoms. The maximum absolute atomic E-state index is 9.55. The summed E-state index contributed by atoms with van der Waals surface area (Å²) in [5, 5.41) is 9.55. The number of nitrogens with two attached hydrogens (primary N) is 1. The third-order valence-corrected chi connectivity index (χ3v) is 4.35. The molecule has 0 amide bonds. The lowest BCUT2D eigenvalue weighted by atomic mass is 9.86. The van der Waals surface area contributed by atoms with Gasteiger partial charge in [0.2, 0.25) is 6.79 Å². The van der Waals surface area contributed by atoms with Gasteiger partial charge in [-0.2, -0.15) is 5.26 Å². The lowest BCUT2D eigenvalue weighted by Gasteiger charge is -2.18. The number of aromatic amines is 1. The van der Waals surface area contributed by atoms with Crippen molar-refractivity contribution in [3.8, 4) is 28.7 Å². The van der Waals surface area contributed by atoms with Crippen molar-refractivity contribution in [1.82, 2.24) is 0 Å². The van der Waals surface area contributed by atoms with Gasteiger partial charge < -0.3 is 9.47 Å². The summed E-state index contributed by atoms with van der Waals surface area (Å²) in [4.78, 5) is 3.21. The summed E-state index contributed by atoms with van der Waals surface area (Å²) >= 11 is 0. The number of nitrogen functional groups attached to an aromatic ring is 1. The molecule has 2 aromatic rings. The van der Waals surface area contributed by atoms with Crippen LogP contribution < -0.4 is 20.2 Å². The second-order valence-electron chi connectivity index (χ2n) is 5.63. The minimum Gasteiger partial charge on any atom is -0.454 e. The first-order valence-corrected chi connectivity index (χ1v) is 7.44. The Hall–Kier alpha value is -2.74. The Morgan fingerprint density at radius 1 is 1.14 bits per heavy atom. The fourth-order valence-electron chi connectivity index (χ4n) is 3.32. The number of benzene rings is 1. The van der Waals surface area contributed by atoms with E-state index in [-0.39, 0.29) is 6.79 Å². The number of ether oxygens (including phenoxy) is 2. The summed E-state index contributed by atoms with van der Waals surface area (Å²) in [6, 6.07) is 8.05. The van der Waals surface area contributed by atoms with Gasteiger partial charge in [0, 0.05) is 17.5 Å². The van der Waals surface area contributed by atoms with Crippen LogP contribution in [0.3, 0.4) is 0 Å². The van der Waals surface area contributed by atoms with Gasteiger partial charge >= 0.3 is 0 Å². The molecule has 0 fully saturated rings. The van der Waals surface area contributed by atoms with E-state index in [1.165, 1.54) is 5.56 Å². The second kappa shape index (κ2) is 4.92. The first kappa shape index (κ1) is 13.0. The molecule has 0 radical (unpaired) electrons. The largest absolute Gasteiger partial charge is 0.454 e. The average Bonchev–Trinajstić information content (AvgIpc) is 3.01. The Balaban J connectivity index is 1.97. The molecule has 1 aliphatic carbocycles. The minimum atomic E-state index is 0.243. The number of aromatic nitrogens is 1. The van der Waals surface area contributed by atoms with Crippen molar-refractivity contribution in [1.29, 1.82) is 5.26 Å². The lowest BCUT2D eigenvalue weighted by molar-refractivity contribution is -0.374. The molecule has 0 saturated carbocycles. The molecule has 5 nitrogen and oxygen atoms in total. The molecule has 3 N–H and O–H groups in total. The van der Waals surface area contributed by atoms with E-state index >= 15 is 0 Å². The van der Waals surface area contributed by atoms with Gasteiger partial charge in [0.15, 0.2) is 11.5 Å². The molecule has 1 aromatic heterocycles. The number of aryl methyl sites for hydroxylation is 1. The maximum Gasteiger partial charge on any atom is 0.289 e. The van der Waals surface area contributed by atoms with Crippen LogP contribution in [0.1, 0.15) is 29.7 Å². The van der Waals surface area contributed by atoms with E-state index in [2.05, 4.69) is 11.1 Å². The summed E-state index contributed by atoms with van der Waals surface area (Å²) in [5.41, 5.74) is 10.8. The highest BCUT2D eigenvalue weighted by Gasteiger charge is 2.26. The molecule has 0 bridgehead atoms. The molecular weight excluding hydrogens is 278 g/mol. The van der Waals surface area contributed by atoms with Gasteiger partial charge in [0.1, 0.15) is 17.3 Å². The Labute approximate surface area is 128 Å². The fourth-order valence-corrected chi connectivity index (χ4v) is 3.32. The van der Waals surface area contributed by atoms with Gasteiger partial charge in [0.25, 0.3) is 5.82 Å². The molecule has 1 aliphatic heterocycles. The highest BCUT2D eigenvalue weighted by atomic mass is 16.7. The topological polar surface area (TPSA) is 82.4 Å². The second-order valence-corrected chi connectivity index (χ2v) is 5.63. The van der Waals surface area contributed by atoms with Crippen molar-refractivity contribution in [3.63, 3.8) is 0 Å². The van der Waals surface area contributed by atoms with Crippen molar-refractivity contribution in [3.05, 3.63) is 35.0 Å². The zero-order valence-corrected chi connectivity index (χ0v) is 12.1. The first-order chi connectivity index (χ1) is 10.8. The van der Waals surface area contributed by atoms with Crippen LogP contribution in [0.2, 0.25) is 0 Å². The molecule has 0 spiro atoms. The number of nitrogens with zero attached hydrogens (tertiary/aromatic N) is 1. The van der Waals surface area contributed by atoms with E-state index in [1.807, 2.05) is 18.2 Å². The zero-order chi connectivity index (χ0) is 15.1. The van der Waals surface area contributed by atoms with E-state index in [0.29, 0.717) is 11.4 Å². The highest BCUT2D eigenvalue weighted by Crippen LogP contribution is 2.40. The molecule has 1 aromatic carbocycles. The van der Waals surface area contributed by atoms with Crippen molar-refractivity contribution in [2.24, 2.45) is 0 Å². The van der Waals surface area contributed by atoms with Gasteiger partial charge in [-0.05, 0) is 37.0 Å². The summed E-state index contributed by atoms with van der Waals surface area (Å²) in [7, 11) is 0. The molecule has 0 atom stereocenters. The van der Waals surface area contributed by atoms with Crippen LogP contribution in [0, 0.1) is 11.3 Å². The van der Waals surface area contributed by atoms with Crippen LogP contribution >= 0.6 is 0 Å². The van der Waals surface area contributed by atoms with Gasteiger partial charge in [0.05, 0.1) is 0 Å². The molecule has 0 saturated heterocycles. The number of fused-ring (bicyclic) bond motifs is 2. The van der Waals surface area contributed by atoms with Gasteiger partial charge in [-0.1, -0.05) is 6.07 Å². The van der Waals surface area contributed by atoms with Crippen LogP contribution in [-0.2, 0) is 12.8 Å². The number of nitrogens with one attached hydrogen (secondary N) is 1. The average molecular weight is 294 g/mol. The normalized spacial score (nSPS) is 15.2. The molecule has 0 unspecified atom stereocenters. The first-order valence-electron chi connectivity index (χ1n) is 7.44. The Morgan fingerprint density at radius 3 is 2.82 bits per heavy atom. The molecular formula is C17H16N3O2+. The quantitative estimate of drug-likeness (QED) is 0.874. The SMILES string of the molecule is N#Cc1c(N)[nH+]c2c(c1-c1ccc3c(c1)OCO3)CCCC2. The molecule has 22 heavy (non-hydrogen) atoms. The number of H-pyrrole nitrogens is 1. The minimum absolute atomic E-state index is 0.243. The van der Waals surface area contributed by atoms with Crippen LogP contribution in [-0.4, -0.2) is 6.79 Å². The summed E-state index contributed by atoms with van der Waals surface area (Å²) in [5.74, 6) is 1.90. The zero-order valence-electron chi connectivity index (χ0n) is 12.1. The van der Waals surface area contributed by atoms with Crippen LogP contribution in [0.4, 0.5) is 5.82 Å². The van der Waals surface area contributed by atoms with Gasteiger partial charge in [-0.15, -0.1) is 0 Å². The number of anilines is 1. The Morgan fingerprint density at radius 2 is 1.95 bits per heavy atom. The summed E-state index contributed by atoms with van der Waals surface area (Å²) in [6.07, 6.45) is 4.22. The third kappa shape index (κ3) is 1.88. The maximum atomic E-state index is 9.55. The van der Waals surface area contributed by atoms with E-state index in [9.17, 15) is 5.26 Å². The number of hydrogen-bond donors (Lipinski definition) is 1.